The maximum absolute atomic E-state index is 10.9. The molecule has 2 atom stereocenters. The first kappa shape index (κ1) is 10.1. The standard InChI is InChI=1S/C11H14N2O2S/c1-6-9(10(14)15)12-11(16-6)13-5-7-2-3-8(13)4-7/h7-8H,2-5H2,1H3,(H,14,15). The van der Waals surface area contributed by atoms with E-state index in [1.165, 1.54) is 30.6 Å². The number of carbonyl (C=O) groups is 1. The second kappa shape index (κ2) is 3.45. The van der Waals surface area contributed by atoms with Gasteiger partial charge < -0.3 is 10.0 Å². The Labute approximate surface area is 97.9 Å². The molecule has 1 aromatic rings. The number of carboxylic acids is 1. The van der Waals surface area contributed by atoms with Gasteiger partial charge in [0.05, 0.1) is 0 Å². The fraction of sp³-hybridized carbons (Fsp3) is 0.636. The quantitative estimate of drug-likeness (QED) is 0.857. The highest BCUT2D eigenvalue weighted by Gasteiger charge is 2.39. The normalized spacial score (nSPS) is 27.7. The van der Waals surface area contributed by atoms with Crippen LogP contribution in [0.1, 0.15) is 34.6 Å². The van der Waals surface area contributed by atoms with E-state index in [4.69, 9.17) is 5.11 Å². The van der Waals surface area contributed by atoms with Crippen LogP contribution in [0.4, 0.5) is 5.13 Å². The molecule has 1 N–H and O–H groups in total. The summed E-state index contributed by atoms with van der Waals surface area (Å²) in [6, 6.07) is 0.609. The van der Waals surface area contributed by atoms with Crippen molar-refractivity contribution in [3.05, 3.63) is 10.6 Å². The van der Waals surface area contributed by atoms with E-state index in [1.807, 2.05) is 6.92 Å². The topological polar surface area (TPSA) is 53.4 Å². The van der Waals surface area contributed by atoms with Crippen LogP contribution in [0.2, 0.25) is 0 Å². The number of aromatic nitrogens is 1. The van der Waals surface area contributed by atoms with E-state index in [-0.39, 0.29) is 5.69 Å². The molecule has 2 aliphatic rings. The Balaban J connectivity index is 1.90. The van der Waals surface area contributed by atoms with Gasteiger partial charge in [0.1, 0.15) is 0 Å². The van der Waals surface area contributed by atoms with Crippen molar-refractivity contribution in [3.8, 4) is 0 Å². The van der Waals surface area contributed by atoms with E-state index in [9.17, 15) is 4.79 Å². The molecule has 1 saturated heterocycles. The zero-order valence-electron chi connectivity index (χ0n) is 9.14. The number of piperidine rings is 1. The van der Waals surface area contributed by atoms with Crippen LogP contribution in [0.5, 0.6) is 0 Å². The second-order valence-corrected chi connectivity index (χ2v) is 5.87. The van der Waals surface area contributed by atoms with Crippen molar-refractivity contribution in [1.29, 1.82) is 0 Å². The third kappa shape index (κ3) is 1.42. The van der Waals surface area contributed by atoms with Crippen LogP contribution >= 0.6 is 11.3 Å². The average molecular weight is 238 g/mol. The minimum atomic E-state index is -0.913. The molecule has 1 aromatic heterocycles. The second-order valence-electron chi connectivity index (χ2n) is 4.69. The average Bonchev–Trinajstić information content (AvgIpc) is 2.89. The number of carboxylic acid groups (broad SMARTS) is 1. The highest BCUT2D eigenvalue weighted by atomic mass is 32.1. The molecule has 5 heteroatoms. The van der Waals surface area contributed by atoms with Crippen LogP contribution in [0.3, 0.4) is 0 Å². The molecule has 2 unspecified atom stereocenters. The van der Waals surface area contributed by atoms with Gasteiger partial charge in [0, 0.05) is 17.5 Å². The third-order valence-corrected chi connectivity index (χ3v) is 4.65. The molecule has 2 bridgehead atoms. The molecule has 1 aliphatic carbocycles. The SMILES string of the molecule is Cc1sc(N2CC3CCC2C3)nc1C(=O)O. The largest absolute Gasteiger partial charge is 0.476 e. The van der Waals surface area contributed by atoms with Crippen LogP contribution in [0.15, 0.2) is 0 Å². The molecule has 86 valence electrons. The fourth-order valence-electron chi connectivity index (χ4n) is 2.86. The predicted molar refractivity (Wildman–Crippen MR) is 62.3 cm³/mol. The summed E-state index contributed by atoms with van der Waals surface area (Å²) in [6.45, 7) is 2.90. The van der Waals surface area contributed by atoms with Crippen LogP contribution < -0.4 is 4.90 Å². The van der Waals surface area contributed by atoms with E-state index in [2.05, 4.69) is 9.88 Å². The van der Waals surface area contributed by atoms with Crippen molar-refractivity contribution in [2.24, 2.45) is 5.92 Å². The Kier molecular flexibility index (Phi) is 2.17. The molecule has 0 aromatic carbocycles. The van der Waals surface area contributed by atoms with Crippen LogP contribution in [0, 0.1) is 12.8 Å². The highest BCUT2D eigenvalue weighted by Crippen LogP contribution is 2.41. The monoisotopic (exact) mass is 238 g/mol. The molecule has 0 amide bonds. The van der Waals surface area contributed by atoms with Crippen molar-refractivity contribution in [1.82, 2.24) is 4.98 Å². The Hall–Kier alpha value is -1.10. The molecular formula is C11H14N2O2S. The molecule has 1 saturated carbocycles. The Morgan fingerprint density at radius 1 is 1.56 bits per heavy atom. The van der Waals surface area contributed by atoms with Crippen LogP contribution in [-0.4, -0.2) is 28.6 Å². The van der Waals surface area contributed by atoms with Gasteiger partial charge in [-0.1, -0.05) is 0 Å². The summed E-state index contributed by atoms with van der Waals surface area (Å²) < 4.78 is 0. The number of aromatic carboxylic acids is 1. The first-order valence-electron chi connectivity index (χ1n) is 5.62. The minimum Gasteiger partial charge on any atom is -0.476 e. The number of rotatable bonds is 2. The van der Waals surface area contributed by atoms with Gasteiger partial charge in [0.15, 0.2) is 10.8 Å². The highest BCUT2D eigenvalue weighted by molar-refractivity contribution is 7.15. The number of hydrogen-bond donors (Lipinski definition) is 1. The summed E-state index contributed by atoms with van der Waals surface area (Å²) in [6.07, 6.45) is 3.84. The zero-order valence-corrected chi connectivity index (χ0v) is 9.96. The van der Waals surface area contributed by atoms with Crippen molar-refractivity contribution >= 4 is 22.4 Å². The molecule has 2 fully saturated rings. The molecule has 0 radical (unpaired) electrons. The Morgan fingerprint density at radius 3 is 2.88 bits per heavy atom. The van der Waals surface area contributed by atoms with Gasteiger partial charge in [-0.3, -0.25) is 0 Å². The van der Waals surface area contributed by atoms with E-state index in [0.717, 1.165) is 22.5 Å². The molecular weight excluding hydrogens is 224 g/mol. The maximum Gasteiger partial charge on any atom is 0.355 e. The van der Waals surface area contributed by atoms with Crippen molar-refractivity contribution in [2.45, 2.75) is 32.2 Å². The number of nitrogens with zero attached hydrogens (tertiary/aromatic N) is 2. The van der Waals surface area contributed by atoms with E-state index in [0.29, 0.717) is 6.04 Å². The smallest absolute Gasteiger partial charge is 0.355 e. The number of hydrogen-bond acceptors (Lipinski definition) is 4. The summed E-state index contributed by atoms with van der Waals surface area (Å²) in [5, 5.41) is 9.88. The lowest BCUT2D eigenvalue weighted by Gasteiger charge is -2.26. The number of fused-ring (bicyclic) bond motifs is 2. The lowest BCUT2D eigenvalue weighted by molar-refractivity contribution is 0.0690. The summed E-state index contributed by atoms with van der Waals surface area (Å²) in [5.74, 6) is -0.105. The lowest BCUT2D eigenvalue weighted by atomic mass is 10.1. The molecule has 2 heterocycles. The van der Waals surface area contributed by atoms with Gasteiger partial charge in [-0.15, -0.1) is 11.3 Å². The molecule has 0 spiro atoms. The van der Waals surface area contributed by atoms with Gasteiger partial charge >= 0.3 is 5.97 Å². The first-order chi connectivity index (χ1) is 7.65. The summed E-state index contributed by atoms with van der Waals surface area (Å²) >= 11 is 1.51. The lowest BCUT2D eigenvalue weighted by Crippen LogP contribution is -2.31. The van der Waals surface area contributed by atoms with Gasteiger partial charge in [0.25, 0.3) is 0 Å². The summed E-state index contributed by atoms with van der Waals surface area (Å²) in [4.78, 5) is 18.3. The molecule has 3 rings (SSSR count). The van der Waals surface area contributed by atoms with Crippen LogP contribution in [-0.2, 0) is 0 Å². The molecule has 16 heavy (non-hydrogen) atoms. The van der Waals surface area contributed by atoms with Gasteiger partial charge in [0.2, 0.25) is 0 Å². The first-order valence-corrected chi connectivity index (χ1v) is 6.44. The van der Waals surface area contributed by atoms with Gasteiger partial charge in [-0.25, -0.2) is 9.78 Å². The number of anilines is 1. The van der Waals surface area contributed by atoms with E-state index >= 15 is 0 Å². The number of aryl methyl sites for hydroxylation is 1. The predicted octanol–water partition coefficient (Wildman–Crippen LogP) is 2.14. The van der Waals surface area contributed by atoms with Gasteiger partial charge in [-0.05, 0) is 32.1 Å². The van der Waals surface area contributed by atoms with Gasteiger partial charge in [-0.2, -0.15) is 0 Å². The Bertz CT molecular complexity index is 443. The van der Waals surface area contributed by atoms with E-state index in [1.54, 1.807) is 0 Å². The maximum atomic E-state index is 10.9. The fourth-order valence-corrected chi connectivity index (χ4v) is 3.84. The third-order valence-electron chi connectivity index (χ3n) is 3.64. The van der Waals surface area contributed by atoms with Crippen molar-refractivity contribution in [3.63, 3.8) is 0 Å². The van der Waals surface area contributed by atoms with E-state index < -0.39 is 5.97 Å². The molecule has 1 aliphatic heterocycles. The summed E-state index contributed by atoms with van der Waals surface area (Å²) in [7, 11) is 0. The zero-order chi connectivity index (χ0) is 11.3. The molecule has 4 nitrogen and oxygen atoms in total. The van der Waals surface area contributed by atoms with Crippen LogP contribution in [0.25, 0.3) is 0 Å². The summed E-state index contributed by atoms with van der Waals surface area (Å²) in [5.41, 5.74) is 0.225. The van der Waals surface area contributed by atoms with Crippen molar-refractivity contribution < 1.29 is 9.90 Å². The Morgan fingerprint density at radius 2 is 2.38 bits per heavy atom. The minimum absolute atomic E-state index is 0.225. The van der Waals surface area contributed by atoms with Crippen molar-refractivity contribution in [2.75, 3.05) is 11.4 Å². The number of thiazole rings is 1.